The van der Waals surface area contributed by atoms with Gasteiger partial charge in [0.2, 0.25) is 17.7 Å². The van der Waals surface area contributed by atoms with Gasteiger partial charge in [0, 0.05) is 19.5 Å². The van der Waals surface area contributed by atoms with Crippen molar-refractivity contribution in [3.63, 3.8) is 0 Å². The Balaban J connectivity index is 2.02. The normalized spacial score (nSPS) is 13.2. The molecule has 0 saturated carbocycles. The number of aryl methyl sites for hydroxylation is 2. The fourth-order valence-corrected chi connectivity index (χ4v) is 4.42. The Kier molecular flexibility index (Phi) is 15.4. The number of unbranched alkanes of at least 4 members (excludes halogenated alkanes) is 1. The van der Waals surface area contributed by atoms with Gasteiger partial charge in [0.05, 0.1) is 6.10 Å². The fraction of sp³-hybridized carbons (Fsp3) is 0.441. The number of allylic oxidation sites excluding steroid dienone is 1. The van der Waals surface area contributed by atoms with Crippen LogP contribution in [-0.2, 0) is 32.1 Å². The van der Waals surface area contributed by atoms with E-state index in [1.807, 2.05) is 51.1 Å². The molecule has 2 aromatic rings. The summed E-state index contributed by atoms with van der Waals surface area (Å²) in [4.78, 5) is 51.3. The minimum Gasteiger partial charge on any atom is -0.391 e. The Morgan fingerprint density at radius 3 is 2.29 bits per heavy atom. The molecular formula is C34H44FN5O5. The van der Waals surface area contributed by atoms with Gasteiger partial charge in [-0.2, -0.15) is 5.26 Å². The average Bonchev–Trinajstić information content (AvgIpc) is 2.99. The molecular weight excluding hydrogens is 577 g/mol. The molecule has 0 aliphatic carbocycles. The van der Waals surface area contributed by atoms with Crippen molar-refractivity contribution in [3.05, 3.63) is 82.7 Å². The van der Waals surface area contributed by atoms with Crippen molar-refractivity contribution in [1.82, 2.24) is 21.3 Å². The smallest absolute Gasteiger partial charge is 0.261 e. The number of halogens is 1. The maximum absolute atomic E-state index is 13.5. The van der Waals surface area contributed by atoms with E-state index in [1.54, 1.807) is 18.2 Å². The van der Waals surface area contributed by atoms with Gasteiger partial charge in [-0.25, -0.2) is 4.39 Å². The molecule has 0 spiro atoms. The van der Waals surface area contributed by atoms with Gasteiger partial charge in [-0.1, -0.05) is 61.9 Å². The first-order valence-electron chi connectivity index (χ1n) is 15.1. The Hall–Kier alpha value is -4.56. The summed E-state index contributed by atoms with van der Waals surface area (Å²) in [5.41, 5.74) is 2.60. The van der Waals surface area contributed by atoms with Gasteiger partial charge in [0.15, 0.2) is 0 Å². The van der Waals surface area contributed by atoms with E-state index in [4.69, 9.17) is 0 Å². The number of rotatable bonds is 17. The number of aliphatic hydroxyl groups excluding tert-OH is 1. The zero-order chi connectivity index (χ0) is 33.4. The molecule has 0 fully saturated rings. The molecule has 3 unspecified atom stereocenters. The molecule has 45 heavy (non-hydrogen) atoms. The lowest BCUT2D eigenvalue weighted by Gasteiger charge is -2.25. The molecule has 0 aromatic heterocycles. The first-order valence-corrected chi connectivity index (χ1v) is 15.1. The number of nitriles is 1. The van der Waals surface area contributed by atoms with Crippen molar-refractivity contribution in [2.75, 3.05) is 6.54 Å². The lowest BCUT2D eigenvalue weighted by molar-refractivity contribution is -0.134. The van der Waals surface area contributed by atoms with Crippen LogP contribution in [0, 0.1) is 30.0 Å². The zero-order valence-electron chi connectivity index (χ0n) is 26.4. The topological polar surface area (TPSA) is 160 Å². The van der Waals surface area contributed by atoms with Crippen LogP contribution in [0.4, 0.5) is 4.39 Å². The maximum Gasteiger partial charge on any atom is 0.261 e. The Morgan fingerprint density at radius 2 is 1.67 bits per heavy atom. The van der Waals surface area contributed by atoms with Crippen molar-refractivity contribution in [2.24, 2.45) is 5.92 Å². The van der Waals surface area contributed by atoms with E-state index in [1.165, 1.54) is 19.1 Å². The van der Waals surface area contributed by atoms with Crippen LogP contribution in [-0.4, -0.2) is 53.5 Å². The number of carbonyl (C=O) groups excluding carboxylic acids is 4. The molecule has 0 bridgehead atoms. The van der Waals surface area contributed by atoms with Crippen LogP contribution in [0.5, 0.6) is 0 Å². The van der Waals surface area contributed by atoms with E-state index >= 15 is 0 Å². The SMILES string of the molecule is Cc1ccc(CNC(=O)C(CCCCNC(=O)C(C#N)=CC(C)C)NC(=O)C(NC(=O)CCc2cccc(F)c2)C(C)O)cc1. The lowest BCUT2D eigenvalue weighted by Crippen LogP contribution is -2.57. The first kappa shape index (κ1) is 36.6. The number of benzene rings is 2. The van der Waals surface area contributed by atoms with E-state index < -0.39 is 47.6 Å². The number of nitrogens with zero attached hydrogens (tertiary/aromatic N) is 1. The monoisotopic (exact) mass is 621 g/mol. The highest BCUT2D eigenvalue weighted by atomic mass is 19.1. The summed E-state index contributed by atoms with van der Waals surface area (Å²) in [7, 11) is 0. The minimum atomic E-state index is -1.33. The summed E-state index contributed by atoms with van der Waals surface area (Å²) in [5.74, 6) is -2.54. The molecule has 10 nitrogen and oxygen atoms in total. The van der Waals surface area contributed by atoms with Crippen molar-refractivity contribution in [3.8, 4) is 6.07 Å². The maximum atomic E-state index is 13.5. The van der Waals surface area contributed by atoms with Crippen molar-refractivity contribution >= 4 is 23.6 Å². The third kappa shape index (κ3) is 13.7. The molecule has 0 heterocycles. The highest BCUT2D eigenvalue weighted by Gasteiger charge is 2.29. The second kappa shape index (κ2) is 19.0. The summed E-state index contributed by atoms with van der Waals surface area (Å²) in [6.07, 6.45) is 1.65. The summed E-state index contributed by atoms with van der Waals surface area (Å²) < 4.78 is 13.5. The number of nitrogens with one attached hydrogen (secondary N) is 4. The quantitative estimate of drug-likeness (QED) is 0.104. The highest BCUT2D eigenvalue weighted by molar-refractivity contribution is 5.97. The predicted octanol–water partition coefficient (Wildman–Crippen LogP) is 3.13. The van der Waals surface area contributed by atoms with E-state index in [9.17, 15) is 33.9 Å². The van der Waals surface area contributed by atoms with Gasteiger partial charge in [-0.15, -0.1) is 0 Å². The van der Waals surface area contributed by atoms with Crippen LogP contribution in [0.15, 0.2) is 60.2 Å². The fourth-order valence-electron chi connectivity index (χ4n) is 4.42. The molecule has 0 radical (unpaired) electrons. The Bertz CT molecular complexity index is 1370. The highest BCUT2D eigenvalue weighted by Crippen LogP contribution is 2.09. The van der Waals surface area contributed by atoms with Gasteiger partial charge >= 0.3 is 0 Å². The van der Waals surface area contributed by atoms with Crippen LogP contribution >= 0.6 is 0 Å². The summed E-state index contributed by atoms with van der Waals surface area (Å²) in [6.45, 7) is 7.54. The Morgan fingerprint density at radius 1 is 0.956 bits per heavy atom. The van der Waals surface area contributed by atoms with Crippen LogP contribution < -0.4 is 21.3 Å². The van der Waals surface area contributed by atoms with E-state index in [0.717, 1.165) is 11.1 Å². The standard InChI is InChI=1S/C34H44FN5O5/c1-22(2)18-27(20-36)32(43)37-17-6-5-10-29(33(44)38-21-26-13-11-23(3)12-14-26)39-34(45)31(24(4)41)40-30(42)16-15-25-8-7-9-28(35)19-25/h7-9,11-14,18-19,22,24,29,31,41H,5-6,10,15-17,21H2,1-4H3,(H,37,43)(H,38,44)(H,39,45)(H,40,42). The molecule has 5 N–H and O–H groups in total. The molecule has 2 aromatic carbocycles. The van der Waals surface area contributed by atoms with E-state index in [-0.39, 0.29) is 43.8 Å². The van der Waals surface area contributed by atoms with Crippen molar-refractivity contribution in [1.29, 1.82) is 5.26 Å². The van der Waals surface area contributed by atoms with Crippen LogP contribution in [0.1, 0.15) is 63.1 Å². The Labute approximate surface area is 264 Å². The summed E-state index contributed by atoms with van der Waals surface area (Å²) in [5, 5.41) is 30.2. The van der Waals surface area contributed by atoms with Gasteiger partial charge < -0.3 is 26.4 Å². The van der Waals surface area contributed by atoms with Crippen LogP contribution in [0.2, 0.25) is 0 Å². The van der Waals surface area contributed by atoms with Crippen LogP contribution in [0.25, 0.3) is 0 Å². The van der Waals surface area contributed by atoms with Crippen molar-refractivity contribution < 1.29 is 28.7 Å². The van der Waals surface area contributed by atoms with Crippen molar-refractivity contribution in [2.45, 2.75) is 84.5 Å². The molecule has 2 rings (SSSR count). The number of hydrogen-bond donors (Lipinski definition) is 5. The molecule has 4 amide bonds. The summed E-state index contributed by atoms with van der Waals surface area (Å²) >= 11 is 0. The second-order valence-corrected chi connectivity index (χ2v) is 11.4. The third-order valence-corrected chi connectivity index (χ3v) is 6.90. The number of amides is 4. The van der Waals surface area contributed by atoms with Gasteiger partial charge in [-0.05, 0) is 68.7 Å². The first-order chi connectivity index (χ1) is 21.4. The second-order valence-electron chi connectivity index (χ2n) is 11.4. The van der Waals surface area contributed by atoms with E-state index in [2.05, 4.69) is 21.3 Å². The van der Waals surface area contributed by atoms with E-state index in [0.29, 0.717) is 18.4 Å². The molecule has 0 aliphatic rings. The molecule has 0 aliphatic heterocycles. The van der Waals surface area contributed by atoms with Gasteiger partial charge in [0.1, 0.15) is 29.5 Å². The van der Waals surface area contributed by atoms with Gasteiger partial charge in [0.25, 0.3) is 5.91 Å². The number of hydrogen-bond acceptors (Lipinski definition) is 6. The summed E-state index contributed by atoms with van der Waals surface area (Å²) in [6, 6.07) is 13.1. The average molecular weight is 622 g/mol. The van der Waals surface area contributed by atoms with Gasteiger partial charge in [-0.3, -0.25) is 19.2 Å². The van der Waals surface area contributed by atoms with Crippen LogP contribution in [0.3, 0.4) is 0 Å². The third-order valence-electron chi connectivity index (χ3n) is 6.90. The molecule has 0 saturated heterocycles. The molecule has 11 heteroatoms. The predicted molar refractivity (Wildman–Crippen MR) is 169 cm³/mol. The minimum absolute atomic E-state index is 0.0350. The molecule has 3 atom stereocenters. The molecule has 242 valence electrons. The lowest BCUT2D eigenvalue weighted by atomic mass is 10.1. The largest absolute Gasteiger partial charge is 0.391 e. The number of aliphatic hydroxyl groups is 1. The zero-order valence-corrected chi connectivity index (χ0v) is 26.4. The number of carbonyl (C=O) groups is 4.